The Morgan fingerprint density at radius 2 is 2.08 bits per heavy atom. The summed E-state index contributed by atoms with van der Waals surface area (Å²) in [4.78, 5) is 18.6. The predicted molar refractivity (Wildman–Crippen MR) is 97.4 cm³/mol. The normalized spacial score (nSPS) is 16.9. The van der Waals surface area contributed by atoms with Crippen LogP contribution in [0.5, 0.6) is 5.75 Å². The molecule has 2 aromatic carbocycles. The van der Waals surface area contributed by atoms with E-state index in [1.807, 2.05) is 36.4 Å². The molecule has 4 rings (SSSR count). The molecule has 2 heterocycles. The lowest BCUT2D eigenvalue weighted by atomic mass is 10.1. The smallest absolute Gasteiger partial charge is 0.261 e. The number of ether oxygens (including phenoxy) is 1. The minimum absolute atomic E-state index is 0.0147. The minimum Gasteiger partial charge on any atom is -0.496 e. The van der Waals surface area contributed by atoms with Gasteiger partial charge in [0.1, 0.15) is 5.75 Å². The van der Waals surface area contributed by atoms with Gasteiger partial charge in [-0.1, -0.05) is 35.0 Å². The summed E-state index contributed by atoms with van der Waals surface area (Å²) in [5.74, 6) is 1.44. The molecule has 132 valence electrons. The molecule has 1 saturated heterocycles. The Morgan fingerprint density at radius 1 is 1.23 bits per heavy atom. The van der Waals surface area contributed by atoms with Gasteiger partial charge in [-0.15, -0.1) is 0 Å². The molecule has 0 saturated carbocycles. The largest absolute Gasteiger partial charge is 0.496 e. The molecular formula is C19H16ClN3O3. The number of para-hydroxylation sites is 1. The second-order valence-electron chi connectivity index (χ2n) is 6.04. The second kappa shape index (κ2) is 6.80. The average Bonchev–Trinajstić information content (AvgIpc) is 3.28. The highest BCUT2D eigenvalue weighted by Gasteiger charge is 2.34. The van der Waals surface area contributed by atoms with Crippen LogP contribution in [0.15, 0.2) is 53.1 Å². The van der Waals surface area contributed by atoms with Gasteiger partial charge in [-0.05, 0) is 30.3 Å². The number of halogens is 1. The lowest BCUT2D eigenvalue weighted by molar-refractivity contribution is -0.117. The molecular weight excluding hydrogens is 354 g/mol. The molecule has 1 atom stereocenters. The number of anilines is 1. The molecule has 26 heavy (non-hydrogen) atoms. The van der Waals surface area contributed by atoms with Crippen molar-refractivity contribution in [3.8, 4) is 17.2 Å². The minimum atomic E-state index is -0.131. The van der Waals surface area contributed by atoms with Crippen molar-refractivity contribution in [1.29, 1.82) is 0 Å². The topological polar surface area (TPSA) is 68.5 Å². The molecule has 7 heteroatoms. The lowest BCUT2D eigenvalue weighted by Gasteiger charge is -2.16. The van der Waals surface area contributed by atoms with E-state index in [1.165, 1.54) is 0 Å². The van der Waals surface area contributed by atoms with Gasteiger partial charge in [0.05, 0.1) is 12.7 Å². The number of carbonyl (C=O) groups is 1. The van der Waals surface area contributed by atoms with Gasteiger partial charge in [0, 0.05) is 29.6 Å². The van der Waals surface area contributed by atoms with E-state index >= 15 is 0 Å². The zero-order chi connectivity index (χ0) is 18.1. The molecule has 0 bridgehead atoms. The van der Waals surface area contributed by atoms with Crippen LogP contribution in [0, 0.1) is 0 Å². The van der Waals surface area contributed by atoms with Crippen LogP contribution in [0.4, 0.5) is 5.69 Å². The van der Waals surface area contributed by atoms with Crippen LogP contribution in [0.1, 0.15) is 18.2 Å². The lowest BCUT2D eigenvalue weighted by Crippen LogP contribution is -2.24. The summed E-state index contributed by atoms with van der Waals surface area (Å²) in [7, 11) is 1.59. The summed E-state index contributed by atoms with van der Waals surface area (Å²) in [6, 6.07) is 14.7. The number of nitrogens with zero attached hydrogens (tertiary/aromatic N) is 3. The number of carbonyl (C=O) groups excluding carboxylic acids is 1. The Bertz CT molecular complexity index is 956. The fourth-order valence-corrected chi connectivity index (χ4v) is 3.29. The van der Waals surface area contributed by atoms with E-state index in [2.05, 4.69) is 10.1 Å². The van der Waals surface area contributed by atoms with E-state index < -0.39 is 0 Å². The molecule has 6 nitrogen and oxygen atoms in total. The molecule has 0 spiro atoms. The Kier molecular flexibility index (Phi) is 4.34. The maximum atomic E-state index is 12.4. The standard InChI is InChI=1S/C19H16ClN3O3/c1-25-16-8-3-2-7-15(16)19-21-18(22-26-19)12-9-17(24)23(11-12)14-6-4-5-13(20)10-14/h2-8,10,12H,9,11H2,1H3. The second-order valence-corrected chi connectivity index (χ2v) is 6.48. The summed E-state index contributed by atoms with van der Waals surface area (Å²) in [5, 5.41) is 4.68. The molecule has 1 aromatic heterocycles. The average molecular weight is 370 g/mol. The number of aromatic nitrogens is 2. The van der Waals surface area contributed by atoms with Crippen LogP contribution in [-0.2, 0) is 4.79 Å². The zero-order valence-electron chi connectivity index (χ0n) is 14.1. The fourth-order valence-electron chi connectivity index (χ4n) is 3.11. The van der Waals surface area contributed by atoms with E-state index in [9.17, 15) is 4.79 Å². The van der Waals surface area contributed by atoms with Gasteiger partial charge in [0.25, 0.3) is 5.89 Å². The number of hydrogen-bond acceptors (Lipinski definition) is 5. The molecule has 1 unspecified atom stereocenters. The highest BCUT2D eigenvalue weighted by molar-refractivity contribution is 6.30. The Morgan fingerprint density at radius 3 is 2.88 bits per heavy atom. The van der Waals surface area contributed by atoms with Crippen LogP contribution >= 0.6 is 11.6 Å². The number of benzene rings is 2. The van der Waals surface area contributed by atoms with E-state index in [4.69, 9.17) is 20.9 Å². The SMILES string of the molecule is COc1ccccc1-c1nc(C2CC(=O)N(c3cccc(Cl)c3)C2)no1. The van der Waals surface area contributed by atoms with Crippen molar-refractivity contribution < 1.29 is 14.1 Å². The highest BCUT2D eigenvalue weighted by Crippen LogP contribution is 2.34. The van der Waals surface area contributed by atoms with Gasteiger partial charge in [0.15, 0.2) is 5.82 Å². The molecule has 0 radical (unpaired) electrons. The van der Waals surface area contributed by atoms with E-state index in [0.29, 0.717) is 35.5 Å². The fraction of sp³-hybridized carbons (Fsp3) is 0.211. The molecule has 1 fully saturated rings. The third-order valence-electron chi connectivity index (χ3n) is 4.39. The van der Waals surface area contributed by atoms with Crippen LogP contribution in [-0.4, -0.2) is 29.7 Å². The number of methoxy groups -OCH3 is 1. The number of rotatable bonds is 4. The van der Waals surface area contributed by atoms with Crippen molar-refractivity contribution in [3.05, 3.63) is 59.4 Å². The maximum absolute atomic E-state index is 12.4. The van der Waals surface area contributed by atoms with Gasteiger partial charge >= 0.3 is 0 Å². The highest BCUT2D eigenvalue weighted by atomic mass is 35.5. The predicted octanol–water partition coefficient (Wildman–Crippen LogP) is 3.92. The van der Waals surface area contributed by atoms with E-state index in [1.54, 1.807) is 24.1 Å². The van der Waals surface area contributed by atoms with Crippen molar-refractivity contribution in [3.63, 3.8) is 0 Å². The summed E-state index contributed by atoms with van der Waals surface area (Å²) < 4.78 is 10.7. The third-order valence-corrected chi connectivity index (χ3v) is 4.62. The molecule has 3 aromatic rings. The van der Waals surface area contributed by atoms with Crippen molar-refractivity contribution in [2.75, 3.05) is 18.6 Å². The molecule has 0 N–H and O–H groups in total. The van der Waals surface area contributed by atoms with Crippen LogP contribution < -0.4 is 9.64 Å². The maximum Gasteiger partial charge on any atom is 0.261 e. The molecule has 1 aliphatic heterocycles. The summed E-state index contributed by atoms with van der Waals surface area (Å²) in [6.45, 7) is 0.490. The van der Waals surface area contributed by atoms with Gasteiger partial charge in [-0.3, -0.25) is 4.79 Å². The Hall–Kier alpha value is -2.86. The molecule has 0 aliphatic carbocycles. The summed E-state index contributed by atoms with van der Waals surface area (Å²) in [5.41, 5.74) is 1.50. The first-order valence-electron chi connectivity index (χ1n) is 8.18. The number of amides is 1. The molecule has 1 aliphatic rings. The first-order chi connectivity index (χ1) is 12.7. The molecule has 1 amide bonds. The van der Waals surface area contributed by atoms with Gasteiger partial charge in [0.2, 0.25) is 5.91 Å². The monoisotopic (exact) mass is 369 g/mol. The first-order valence-corrected chi connectivity index (χ1v) is 8.56. The summed E-state index contributed by atoms with van der Waals surface area (Å²) in [6.07, 6.45) is 0.331. The van der Waals surface area contributed by atoms with Crippen LogP contribution in [0.2, 0.25) is 5.02 Å². The third kappa shape index (κ3) is 3.04. The van der Waals surface area contributed by atoms with Crippen molar-refractivity contribution in [2.45, 2.75) is 12.3 Å². The van der Waals surface area contributed by atoms with Gasteiger partial charge < -0.3 is 14.2 Å². The quantitative estimate of drug-likeness (QED) is 0.697. The van der Waals surface area contributed by atoms with Crippen molar-refractivity contribution in [1.82, 2.24) is 10.1 Å². The zero-order valence-corrected chi connectivity index (χ0v) is 14.8. The Balaban J connectivity index is 1.58. The summed E-state index contributed by atoms with van der Waals surface area (Å²) >= 11 is 6.03. The number of hydrogen-bond donors (Lipinski definition) is 0. The van der Waals surface area contributed by atoms with Gasteiger partial charge in [-0.2, -0.15) is 4.98 Å². The van der Waals surface area contributed by atoms with Crippen LogP contribution in [0.3, 0.4) is 0 Å². The van der Waals surface area contributed by atoms with Crippen LogP contribution in [0.25, 0.3) is 11.5 Å². The van der Waals surface area contributed by atoms with Crippen molar-refractivity contribution >= 4 is 23.2 Å². The first kappa shape index (κ1) is 16.6. The van der Waals surface area contributed by atoms with Crippen molar-refractivity contribution in [2.24, 2.45) is 0 Å². The Labute approximate surface area is 155 Å². The van der Waals surface area contributed by atoms with Gasteiger partial charge in [-0.25, -0.2) is 0 Å². The van der Waals surface area contributed by atoms with E-state index in [-0.39, 0.29) is 11.8 Å². The van der Waals surface area contributed by atoms with E-state index in [0.717, 1.165) is 11.3 Å².